The van der Waals surface area contributed by atoms with Crippen LogP contribution in [0.5, 0.6) is 0 Å². The lowest BCUT2D eigenvalue weighted by atomic mass is 9.85. The largest absolute Gasteiger partial charge is 0.381 e. The first-order valence-corrected chi connectivity index (χ1v) is 9.27. The van der Waals surface area contributed by atoms with Crippen LogP contribution in [-0.2, 0) is 14.6 Å². The normalized spacial score (nSPS) is 24.5. The second kappa shape index (κ2) is 6.73. The zero-order chi connectivity index (χ0) is 15.4. The second-order valence-electron chi connectivity index (χ2n) is 7.27. The lowest BCUT2D eigenvalue weighted by Gasteiger charge is -2.35. The third-order valence-electron chi connectivity index (χ3n) is 3.63. The maximum absolute atomic E-state index is 11.2. The van der Waals surface area contributed by atoms with Crippen LogP contribution in [0.1, 0.15) is 27.2 Å². The molecular formula is C14H30N2O3S. The SMILES string of the molecule is CN(CCS(C)(=O)=O)CC1(CNC(C)(C)C)CCOC1. The fourth-order valence-corrected chi connectivity index (χ4v) is 3.04. The summed E-state index contributed by atoms with van der Waals surface area (Å²) in [5.74, 6) is 0.215. The average molecular weight is 306 g/mol. The van der Waals surface area contributed by atoms with E-state index in [1.807, 2.05) is 7.05 Å². The fraction of sp³-hybridized carbons (Fsp3) is 1.00. The highest BCUT2D eigenvalue weighted by molar-refractivity contribution is 7.90. The van der Waals surface area contributed by atoms with Crippen LogP contribution in [0.4, 0.5) is 0 Å². The minimum absolute atomic E-state index is 0.0842. The van der Waals surface area contributed by atoms with E-state index in [1.165, 1.54) is 6.26 Å². The van der Waals surface area contributed by atoms with Gasteiger partial charge in [-0.25, -0.2) is 8.42 Å². The predicted octanol–water partition coefficient (Wildman–Crippen LogP) is 0.758. The maximum atomic E-state index is 11.2. The van der Waals surface area contributed by atoms with E-state index >= 15 is 0 Å². The quantitative estimate of drug-likeness (QED) is 0.752. The molecule has 0 aliphatic carbocycles. The summed E-state index contributed by atoms with van der Waals surface area (Å²) in [6.45, 7) is 10.4. The van der Waals surface area contributed by atoms with Crippen molar-refractivity contribution in [2.45, 2.75) is 32.7 Å². The summed E-state index contributed by atoms with van der Waals surface area (Å²) < 4.78 is 28.1. The summed E-state index contributed by atoms with van der Waals surface area (Å²) >= 11 is 0. The first kappa shape index (κ1) is 17.9. The molecule has 0 radical (unpaired) electrons. The first-order valence-electron chi connectivity index (χ1n) is 7.21. The Labute approximate surface area is 124 Å². The summed E-state index contributed by atoms with van der Waals surface area (Å²) in [5.41, 5.74) is 0.181. The number of ether oxygens (including phenoxy) is 1. The average Bonchev–Trinajstić information content (AvgIpc) is 2.71. The Hall–Kier alpha value is -0.170. The maximum Gasteiger partial charge on any atom is 0.148 e. The lowest BCUT2D eigenvalue weighted by molar-refractivity contribution is 0.115. The molecule has 1 fully saturated rings. The molecule has 0 amide bonds. The molecule has 0 saturated carbocycles. The summed E-state index contributed by atoms with van der Waals surface area (Å²) in [6, 6.07) is 0. The zero-order valence-electron chi connectivity index (χ0n) is 13.5. The van der Waals surface area contributed by atoms with E-state index in [1.54, 1.807) is 0 Å². The van der Waals surface area contributed by atoms with Crippen molar-refractivity contribution < 1.29 is 13.2 Å². The van der Waals surface area contributed by atoms with Gasteiger partial charge in [0, 0.05) is 43.5 Å². The van der Waals surface area contributed by atoms with Crippen LogP contribution in [0.3, 0.4) is 0 Å². The van der Waals surface area contributed by atoms with Gasteiger partial charge in [0.1, 0.15) is 9.84 Å². The molecule has 1 aliphatic rings. The molecule has 1 unspecified atom stereocenters. The van der Waals surface area contributed by atoms with Crippen molar-refractivity contribution in [2.75, 3.05) is 51.9 Å². The van der Waals surface area contributed by atoms with Crippen LogP contribution in [-0.4, -0.2) is 70.8 Å². The van der Waals surface area contributed by atoms with Gasteiger partial charge in [-0.15, -0.1) is 0 Å². The lowest BCUT2D eigenvalue weighted by Crippen LogP contribution is -2.49. The molecule has 0 aromatic carbocycles. The number of nitrogens with zero attached hydrogens (tertiary/aromatic N) is 1. The Morgan fingerprint density at radius 1 is 1.35 bits per heavy atom. The summed E-state index contributed by atoms with van der Waals surface area (Å²) in [7, 11) is -0.908. The summed E-state index contributed by atoms with van der Waals surface area (Å²) in [6.07, 6.45) is 2.32. The van der Waals surface area contributed by atoms with E-state index in [0.29, 0.717) is 6.54 Å². The molecule has 1 rings (SSSR count). The molecule has 1 atom stereocenters. The van der Waals surface area contributed by atoms with E-state index in [9.17, 15) is 8.42 Å². The number of nitrogens with one attached hydrogen (secondary N) is 1. The third kappa shape index (κ3) is 7.02. The number of sulfone groups is 1. The minimum atomic E-state index is -2.90. The van der Waals surface area contributed by atoms with Crippen molar-refractivity contribution in [3.63, 3.8) is 0 Å². The molecule has 0 spiro atoms. The van der Waals surface area contributed by atoms with Crippen LogP contribution in [0.25, 0.3) is 0 Å². The molecular weight excluding hydrogens is 276 g/mol. The van der Waals surface area contributed by atoms with E-state index in [4.69, 9.17) is 4.74 Å². The predicted molar refractivity (Wildman–Crippen MR) is 82.8 cm³/mol. The Morgan fingerprint density at radius 2 is 2.00 bits per heavy atom. The van der Waals surface area contributed by atoms with Gasteiger partial charge in [0.05, 0.1) is 12.4 Å². The number of hydrogen-bond acceptors (Lipinski definition) is 5. The highest BCUT2D eigenvalue weighted by atomic mass is 32.2. The first-order chi connectivity index (χ1) is 9.02. The molecule has 6 heteroatoms. The van der Waals surface area contributed by atoms with E-state index in [2.05, 4.69) is 31.0 Å². The van der Waals surface area contributed by atoms with Crippen molar-refractivity contribution in [3.8, 4) is 0 Å². The topological polar surface area (TPSA) is 58.6 Å². The van der Waals surface area contributed by atoms with Gasteiger partial charge in [-0.1, -0.05) is 0 Å². The van der Waals surface area contributed by atoms with Gasteiger partial charge in [-0.2, -0.15) is 0 Å². The van der Waals surface area contributed by atoms with Gasteiger partial charge in [0.25, 0.3) is 0 Å². The van der Waals surface area contributed by atoms with E-state index in [0.717, 1.165) is 32.7 Å². The number of rotatable bonds is 7. The van der Waals surface area contributed by atoms with E-state index in [-0.39, 0.29) is 16.7 Å². The van der Waals surface area contributed by atoms with Gasteiger partial charge in [-0.3, -0.25) is 0 Å². The molecule has 0 aromatic heterocycles. The molecule has 120 valence electrons. The Kier molecular flexibility index (Phi) is 6.01. The minimum Gasteiger partial charge on any atom is -0.381 e. The van der Waals surface area contributed by atoms with Crippen molar-refractivity contribution >= 4 is 9.84 Å². The molecule has 1 saturated heterocycles. The zero-order valence-corrected chi connectivity index (χ0v) is 14.3. The van der Waals surface area contributed by atoms with Crippen LogP contribution in [0, 0.1) is 5.41 Å². The molecule has 20 heavy (non-hydrogen) atoms. The standard InChI is InChI=1S/C14H30N2O3S/c1-13(2,3)15-10-14(6-8-19-12-14)11-16(4)7-9-20(5,17)18/h15H,6-12H2,1-5H3. The molecule has 0 aromatic rings. The van der Waals surface area contributed by atoms with Crippen molar-refractivity contribution in [1.82, 2.24) is 10.2 Å². The van der Waals surface area contributed by atoms with Crippen molar-refractivity contribution in [1.29, 1.82) is 0 Å². The van der Waals surface area contributed by atoms with Crippen molar-refractivity contribution in [2.24, 2.45) is 5.41 Å². The van der Waals surface area contributed by atoms with Crippen LogP contribution in [0.15, 0.2) is 0 Å². The molecule has 0 bridgehead atoms. The number of hydrogen-bond donors (Lipinski definition) is 1. The highest BCUT2D eigenvalue weighted by Crippen LogP contribution is 2.29. The second-order valence-corrected chi connectivity index (χ2v) is 9.53. The fourth-order valence-electron chi connectivity index (χ4n) is 2.40. The Morgan fingerprint density at radius 3 is 2.45 bits per heavy atom. The Balaban J connectivity index is 2.53. The molecule has 5 nitrogen and oxygen atoms in total. The van der Waals surface area contributed by atoms with Gasteiger partial charge >= 0.3 is 0 Å². The molecule has 1 heterocycles. The van der Waals surface area contributed by atoms with Crippen molar-refractivity contribution in [3.05, 3.63) is 0 Å². The third-order valence-corrected chi connectivity index (χ3v) is 4.55. The Bertz CT molecular complexity index is 395. The molecule has 1 N–H and O–H groups in total. The van der Waals surface area contributed by atoms with Crippen LogP contribution < -0.4 is 5.32 Å². The van der Waals surface area contributed by atoms with Crippen LogP contribution in [0.2, 0.25) is 0 Å². The van der Waals surface area contributed by atoms with Gasteiger partial charge < -0.3 is 15.0 Å². The summed E-state index contributed by atoms with van der Waals surface area (Å²) in [5, 5.41) is 3.56. The van der Waals surface area contributed by atoms with Crippen LogP contribution >= 0.6 is 0 Å². The van der Waals surface area contributed by atoms with Gasteiger partial charge in [0.15, 0.2) is 0 Å². The van der Waals surface area contributed by atoms with Gasteiger partial charge in [-0.05, 0) is 34.2 Å². The smallest absolute Gasteiger partial charge is 0.148 e. The summed E-state index contributed by atoms with van der Waals surface area (Å²) in [4.78, 5) is 2.11. The van der Waals surface area contributed by atoms with E-state index < -0.39 is 9.84 Å². The monoisotopic (exact) mass is 306 g/mol. The van der Waals surface area contributed by atoms with Gasteiger partial charge in [0.2, 0.25) is 0 Å². The highest BCUT2D eigenvalue weighted by Gasteiger charge is 2.36. The molecule has 1 aliphatic heterocycles.